The minimum Gasteiger partial charge on any atom is -0.349 e. The van der Waals surface area contributed by atoms with Gasteiger partial charge in [-0.3, -0.25) is 20.4 Å². The summed E-state index contributed by atoms with van der Waals surface area (Å²) in [6.45, 7) is 0. The Labute approximate surface area is 104 Å². The number of hydrogen-bond donors (Lipinski definition) is 2. The maximum absolute atomic E-state index is 4.62. The summed E-state index contributed by atoms with van der Waals surface area (Å²) < 4.78 is 0. The van der Waals surface area contributed by atoms with Gasteiger partial charge < -0.3 is 5.32 Å². The van der Waals surface area contributed by atoms with Crippen molar-refractivity contribution >= 4 is 18.8 Å². The van der Waals surface area contributed by atoms with Crippen LogP contribution in [0.25, 0.3) is 0 Å². The molecule has 4 rings (SSSR count). The van der Waals surface area contributed by atoms with Gasteiger partial charge in [0.1, 0.15) is 18.1 Å². The van der Waals surface area contributed by atoms with Crippen LogP contribution in [-0.2, 0) is 0 Å². The van der Waals surface area contributed by atoms with Crippen LogP contribution in [0, 0.1) is 0 Å². The third-order valence-electron chi connectivity index (χ3n) is 3.88. The van der Waals surface area contributed by atoms with Crippen LogP contribution >= 0.6 is 0 Å². The lowest BCUT2D eigenvalue weighted by Crippen LogP contribution is -2.62. The second-order valence-electron chi connectivity index (χ2n) is 4.81. The molecule has 4 aliphatic rings. The van der Waals surface area contributed by atoms with Crippen LogP contribution in [0.5, 0.6) is 0 Å². The molecule has 92 valence electrons. The van der Waals surface area contributed by atoms with Crippen LogP contribution in [-0.4, -0.2) is 48.6 Å². The Bertz CT molecular complexity index is 506. The van der Waals surface area contributed by atoms with Gasteiger partial charge >= 0.3 is 0 Å². The molecule has 0 saturated carbocycles. The summed E-state index contributed by atoms with van der Waals surface area (Å²) >= 11 is 0. The number of nitrogens with zero attached hydrogens (tertiary/aromatic N) is 5. The SMILES string of the molecule is C1=CC2N=CNC2(C2N=CCC3NN=NC32)N=C1. The smallest absolute Gasteiger partial charge is 0.181 e. The fourth-order valence-corrected chi connectivity index (χ4v) is 2.94. The van der Waals surface area contributed by atoms with Crippen molar-refractivity contribution < 1.29 is 0 Å². The number of allylic oxidation sites excluding steroid dienone is 1. The number of nitrogens with one attached hydrogen (secondary N) is 2. The first-order chi connectivity index (χ1) is 8.90. The molecule has 0 saturated heterocycles. The van der Waals surface area contributed by atoms with Gasteiger partial charge in [-0.2, -0.15) is 5.11 Å². The minimum absolute atomic E-state index is 0.0146. The van der Waals surface area contributed by atoms with E-state index in [1.165, 1.54) is 0 Å². The van der Waals surface area contributed by atoms with Crippen molar-refractivity contribution in [3.63, 3.8) is 0 Å². The van der Waals surface area contributed by atoms with E-state index < -0.39 is 5.66 Å². The fraction of sp³-hybridized carbons (Fsp3) is 0.545. The average Bonchev–Trinajstić information content (AvgIpc) is 3.05. The standard InChI is InChI=1S/C11H13N7/c1-2-8-11(14-4-1,15-6-13-8)10-9-7(3-5-12-10)16-18-17-9/h1-2,4-10H,3H2,(H,13,15)(H,16,17). The molecule has 0 aromatic carbocycles. The van der Waals surface area contributed by atoms with E-state index in [0.29, 0.717) is 0 Å². The Morgan fingerprint density at radius 1 is 1.28 bits per heavy atom. The lowest BCUT2D eigenvalue weighted by molar-refractivity contribution is 0.259. The summed E-state index contributed by atoms with van der Waals surface area (Å²) in [5.74, 6) is 0. The van der Waals surface area contributed by atoms with E-state index in [1.807, 2.05) is 18.4 Å². The van der Waals surface area contributed by atoms with Crippen LogP contribution in [0.1, 0.15) is 6.42 Å². The second kappa shape index (κ2) is 3.47. The first-order valence-electron chi connectivity index (χ1n) is 6.08. The van der Waals surface area contributed by atoms with Gasteiger partial charge in [-0.05, 0) is 6.08 Å². The highest BCUT2D eigenvalue weighted by molar-refractivity contribution is 5.76. The number of hydrogen-bond acceptors (Lipinski definition) is 7. The molecule has 0 spiro atoms. The molecule has 4 heterocycles. The molecule has 2 N–H and O–H groups in total. The Balaban J connectivity index is 1.75. The predicted molar refractivity (Wildman–Crippen MR) is 68.2 cm³/mol. The van der Waals surface area contributed by atoms with Crippen LogP contribution in [0.4, 0.5) is 0 Å². The molecule has 0 aliphatic carbocycles. The zero-order valence-electron chi connectivity index (χ0n) is 9.64. The Hall–Kier alpha value is -2.05. The topological polar surface area (TPSA) is 85.9 Å². The van der Waals surface area contributed by atoms with Crippen molar-refractivity contribution in [3.05, 3.63) is 12.2 Å². The molecule has 0 bridgehead atoms. The molecule has 0 aromatic heterocycles. The molecule has 5 unspecified atom stereocenters. The number of rotatable bonds is 1. The molecule has 5 atom stereocenters. The average molecular weight is 243 g/mol. The van der Waals surface area contributed by atoms with E-state index in [1.54, 1.807) is 12.6 Å². The number of fused-ring (bicyclic) bond motifs is 2. The van der Waals surface area contributed by atoms with E-state index in [2.05, 4.69) is 36.1 Å². The van der Waals surface area contributed by atoms with Crippen molar-refractivity contribution in [1.29, 1.82) is 0 Å². The summed E-state index contributed by atoms with van der Waals surface area (Å²) in [6.07, 6.45) is 10.3. The van der Waals surface area contributed by atoms with Crippen LogP contribution in [0.2, 0.25) is 0 Å². The molecule has 0 radical (unpaired) electrons. The highest BCUT2D eigenvalue weighted by Gasteiger charge is 2.54. The molecule has 4 aliphatic heterocycles. The first kappa shape index (κ1) is 9.93. The second-order valence-corrected chi connectivity index (χ2v) is 4.81. The minimum atomic E-state index is -0.528. The van der Waals surface area contributed by atoms with Gasteiger partial charge in [0, 0.05) is 18.9 Å². The summed E-state index contributed by atoms with van der Waals surface area (Å²) in [5, 5.41) is 11.5. The van der Waals surface area contributed by atoms with E-state index in [4.69, 9.17) is 0 Å². The van der Waals surface area contributed by atoms with Crippen molar-refractivity contribution in [2.45, 2.75) is 36.3 Å². The summed E-state index contributed by atoms with van der Waals surface area (Å²) in [4.78, 5) is 13.7. The normalized spacial score (nSPS) is 46.7. The van der Waals surface area contributed by atoms with Gasteiger partial charge in [0.15, 0.2) is 5.66 Å². The maximum Gasteiger partial charge on any atom is 0.181 e. The number of dihydropyridines is 1. The van der Waals surface area contributed by atoms with Crippen LogP contribution in [0.3, 0.4) is 0 Å². The van der Waals surface area contributed by atoms with E-state index in [-0.39, 0.29) is 24.2 Å². The third kappa shape index (κ3) is 1.16. The van der Waals surface area contributed by atoms with Crippen LogP contribution < -0.4 is 10.7 Å². The monoisotopic (exact) mass is 243 g/mol. The summed E-state index contributed by atoms with van der Waals surface area (Å²) in [6, 6.07) is 0.157. The molecule has 7 heteroatoms. The van der Waals surface area contributed by atoms with Gasteiger partial charge in [0.05, 0.1) is 12.4 Å². The molecule has 7 nitrogen and oxygen atoms in total. The third-order valence-corrected chi connectivity index (χ3v) is 3.88. The molecule has 18 heavy (non-hydrogen) atoms. The zero-order valence-corrected chi connectivity index (χ0v) is 9.64. The van der Waals surface area contributed by atoms with Crippen molar-refractivity contribution in [2.75, 3.05) is 0 Å². The lowest BCUT2D eigenvalue weighted by atomic mass is 9.82. The Kier molecular flexibility index (Phi) is 1.91. The van der Waals surface area contributed by atoms with Gasteiger partial charge in [-0.15, -0.1) is 0 Å². The van der Waals surface area contributed by atoms with Crippen molar-refractivity contribution in [2.24, 2.45) is 25.3 Å². The highest BCUT2D eigenvalue weighted by Crippen LogP contribution is 2.35. The van der Waals surface area contributed by atoms with Crippen LogP contribution in [0.15, 0.2) is 37.5 Å². The Morgan fingerprint density at radius 2 is 2.28 bits per heavy atom. The largest absolute Gasteiger partial charge is 0.349 e. The summed E-state index contributed by atoms with van der Waals surface area (Å²) in [7, 11) is 0. The van der Waals surface area contributed by atoms with E-state index in [9.17, 15) is 0 Å². The van der Waals surface area contributed by atoms with E-state index in [0.717, 1.165) is 6.42 Å². The van der Waals surface area contributed by atoms with E-state index >= 15 is 0 Å². The maximum atomic E-state index is 4.62. The molecule has 0 aromatic rings. The molecular weight excluding hydrogens is 230 g/mol. The lowest BCUT2D eigenvalue weighted by Gasteiger charge is -2.40. The van der Waals surface area contributed by atoms with Gasteiger partial charge in [-0.1, -0.05) is 11.3 Å². The van der Waals surface area contributed by atoms with Crippen molar-refractivity contribution in [1.82, 2.24) is 10.7 Å². The number of aliphatic imine (C=N–C) groups is 3. The highest BCUT2D eigenvalue weighted by atomic mass is 15.5. The van der Waals surface area contributed by atoms with Gasteiger partial charge in [-0.25, -0.2) is 0 Å². The van der Waals surface area contributed by atoms with Gasteiger partial charge in [0.2, 0.25) is 0 Å². The Morgan fingerprint density at radius 3 is 3.28 bits per heavy atom. The van der Waals surface area contributed by atoms with Gasteiger partial charge in [0.25, 0.3) is 0 Å². The molecule has 0 amide bonds. The first-order valence-corrected chi connectivity index (χ1v) is 6.08. The molecule has 0 fully saturated rings. The van der Waals surface area contributed by atoms with Crippen molar-refractivity contribution in [3.8, 4) is 0 Å². The fourth-order valence-electron chi connectivity index (χ4n) is 2.94. The zero-order chi connectivity index (χ0) is 12.0. The quantitative estimate of drug-likeness (QED) is 0.672. The summed E-state index contributed by atoms with van der Waals surface area (Å²) in [5.41, 5.74) is 2.50. The molecular formula is C11H13N7. The predicted octanol–water partition coefficient (Wildman–Crippen LogP) is -0.126.